The van der Waals surface area contributed by atoms with Gasteiger partial charge in [0.1, 0.15) is 0 Å². The number of methoxy groups -OCH3 is 1. The Bertz CT molecular complexity index is 245. The molecule has 1 fully saturated rings. The van der Waals surface area contributed by atoms with E-state index >= 15 is 0 Å². The first-order valence-corrected chi connectivity index (χ1v) is 6.99. The standard InChI is InChI=1S/C13H28N4O/c1-4-17-9-5-7-12(17)11-16-13(14-2)15-8-6-10-18-3/h12H,4-11H2,1-3H3,(H2,14,15,16). The van der Waals surface area contributed by atoms with Crippen molar-refractivity contribution in [2.45, 2.75) is 32.2 Å². The van der Waals surface area contributed by atoms with Gasteiger partial charge in [-0.15, -0.1) is 0 Å². The first kappa shape index (κ1) is 15.2. The second-order valence-electron chi connectivity index (χ2n) is 4.65. The number of rotatable bonds is 7. The van der Waals surface area contributed by atoms with Gasteiger partial charge in [0.15, 0.2) is 5.96 Å². The summed E-state index contributed by atoms with van der Waals surface area (Å²) >= 11 is 0. The summed E-state index contributed by atoms with van der Waals surface area (Å²) < 4.78 is 5.02. The monoisotopic (exact) mass is 256 g/mol. The molecule has 0 aromatic carbocycles. The Morgan fingerprint density at radius 1 is 1.44 bits per heavy atom. The first-order chi connectivity index (χ1) is 8.81. The summed E-state index contributed by atoms with van der Waals surface area (Å²) in [5, 5.41) is 6.71. The van der Waals surface area contributed by atoms with Gasteiger partial charge >= 0.3 is 0 Å². The van der Waals surface area contributed by atoms with Crippen molar-refractivity contribution in [1.29, 1.82) is 0 Å². The maximum atomic E-state index is 5.02. The molecule has 106 valence electrons. The lowest BCUT2D eigenvalue weighted by Crippen LogP contribution is -2.45. The van der Waals surface area contributed by atoms with Crippen molar-refractivity contribution in [3.05, 3.63) is 0 Å². The summed E-state index contributed by atoms with van der Waals surface area (Å²) in [5.74, 6) is 0.897. The zero-order valence-corrected chi connectivity index (χ0v) is 12.0. The second kappa shape index (κ2) is 9.16. The molecule has 1 unspecified atom stereocenters. The minimum absolute atomic E-state index is 0.660. The van der Waals surface area contributed by atoms with E-state index in [-0.39, 0.29) is 0 Å². The van der Waals surface area contributed by atoms with E-state index in [0.717, 1.165) is 38.6 Å². The van der Waals surface area contributed by atoms with Gasteiger partial charge in [0, 0.05) is 39.9 Å². The number of nitrogens with one attached hydrogen (secondary N) is 2. The number of likely N-dealkylation sites (tertiary alicyclic amines) is 1. The highest BCUT2D eigenvalue weighted by molar-refractivity contribution is 5.79. The largest absolute Gasteiger partial charge is 0.385 e. The predicted molar refractivity (Wildman–Crippen MR) is 76.1 cm³/mol. The second-order valence-corrected chi connectivity index (χ2v) is 4.65. The average molecular weight is 256 g/mol. The Hall–Kier alpha value is -0.810. The van der Waals surface area contributed by atoms with Gasteiger partial charge in [-0.05, 0) is 32.4 Å². The minimum Gasteiger partial charge on any atom is -0.385 e. The fourth-order valence-corrected chi connectivity index (χ4v) is 2.40. The molecule has 5 nitrogen and oxygen atoms in total. The Morgan fingerprint density at radius 3 is 2.94 bits per heavy atom. The van der Waals surface area contributed by atoms with E-state index in [4.69, 9.17) is 4.74 Å². The highest BCUT2D eigenvalue weighted by Gasteiger charge is 2.22. The van der Waals surface area contributed by atoms with Crippen LogP contribution in [0.3, 0.4) is 0 Å². The molecule has 0 aromatic rings. The number of likely N-dealkylation sites (N-methyl/N-ethyl adjacent to an activating group) is 1. The van der Waals surface area contributed by atoms with Crippen molar-refractivity contribution in [2.24, 2.45) is 4.99 Å². The van der Waals surface area contributed by atoms with Crippen LogP contribution in [-0.4, -0.2) is 63.8 Å². The van der Waals surface area contributed by atoms with Crippen LogP contribution in [0.5, 0.6) is 0 Å². The van der Waals surface area contributed by atoms with Crippen LogP contribution in [0.15, 0.2) is 4.99 Å². The van der Waals surface area contributed by atoms with Crippen LogP contribution >= 0.6 is 0 Å². The highest BCUT2D eigenvalue weighted by Crippen LogP contribution is 2.15. The molecular formula is C13H28N4O. The third kappa shape index (κ3) is 5.23. The Balaban J connectivity index is 2.18. The number of guanidine groups is 1. The van der Waals surface area contributed by atoms with Gasteiger partial charge in [0.05, 0.1) is 0 Å². The lowest BCUT2D eigenvalue weighted by Gasteiger charge is -2.23. The smallest absolute Gasteiger partial charge is 0.191 e. The van der Waals surface area contributed by atoms with E-state index in [1.54, 1.807) is 7.11 Å². The van der Waals surface area contributed by atoms with Crippen molar-refractivity contribution in [2.75, 3.05) is 46.9 Å². The third-order valence-electron chi connectivity index (χ3n) is 3.45. The van der Waals surface area contributed by atoms with Crippen LogP contribution in [0.2, 0.25) is 0 Å². The summed E-state index contributed by atoms with van der Waals surface area (Å²) in [4.78, 5) is 6.77. The van der Waals surface area contributed by atoms with E-state index in [1.165, 1.54) is 19.4 Å². The molecule has 0 amide bonds. The molecular weight excluding hydrogens is 228 g/mol. The molecule has 1 heterocycles. The molecule has 18 heavy (non-hydrogen) atoms. The summed E-state index contributed by atoms with van der Waals surface area (Å²) in [5.41, 5.74) is 0. The highest BCUT2D eigenvalue weighted by atomic mass is 16.5. The molecule has 2 N–H and O–H groups in total. The summed E-state index contributed by atoms with van der Waals surface area (Å²) in [6.07, 6.45) is 3.61. The summed E-state index contributed by atoms with van der Waals surface area (Å²) in [7, 11) is 3.55. The van der Waals surface area contributed by atoms with Gasteiger partial charge in [-0.3, -0.25) is 9.89 Å². The Labute approximate surface area is 111 Å². The van der Waals surface area contributed by atoms with Crippen LogP contribution in [0.25, 0.3) is 0 Å². The molecule has 0 aromatic heterocycles. The molecule has 0 bridgehead atoms. The molecule has 1 aliphatic heterocycles. The van der Waals surface area contributed by atoms with Crippen molar-refractivity contribution in [3.63, 3.8) is 0 Å². The molecule has 5 heteroatoms. The van der Waals surface area contributed by atoms with Gasteiger partial charge in [-0.1, -0.05) is 6.92 Å². The molecule has 1 saturated heterocycles. The van der Waals surface area contributed by atoms with Gasteiger partial charge < -0.3 is 15.4 Å². The predicted octanol–water partition coefficient (Wildman–Crippen LogP) is 0.672. The van der Waals surface area contributed by atoms with Gasteiger partial charge in [0.25, 0.3) is 0 Å². The van der Waals surface area contributed by atoms with Crippen LogP contribution in [0.4, 0.5) is 0 Å². The zero-order chi connectivity index (χ0) is 13.2. The Kier molecular flexibility index (Phi) is 7.76. The molecule has 0 saturated carbocycles. The number of aliphatic imine (C=N–C) groups is 1. The number of hydrogen-bond acceptors (Lipinski definition) is 3. The van der Waals surface area contributed by atoms with E-state index in [9.17, 15) is 0 Å². The van der Waals surface area contributed by atoms with Gasteiger partial charge in [0.2, 0.25) is 0 Å². The topological polar surface area (TPSA) is 48.9 Å². The lowest BCUT2D eigenvalue weighted by atomic mass is 10.2. The molecule has 1 rings (SSSR count). The minimum atomic E-state index is 0.660. The van der Waals surface area contributed by atoms with Crippen LogP contribution in [-0.2, 0) is 4.74 Å². The van der Waals surface area contributed by atoms with Crippen molar-refractivity contribution < 1.29 is 4.74 Å². The van der Waals surface area contributed by atoms with Crippen molar-refractivity contribution >= 4 is 5.96 Å². The maximum Gasteiger partial charge on any atom is 0.191 e. The number of ether oxygens (including phenoxy) is 1. The summed E-state index contributed by atoms with van der Waals surface area (Å²) in [6.45, 7) is 7.29. The molecule has 0 spiro atoms. The van der Waals surface area contributed by atoms with Crippen LogP contribution in [0, 0.1) is 0 Å². The van der Waals surface area contributed by atoms with E-state index in [2.05, 4.69) is 27.4 Å². The maximum absolute atomic E-state index is 5.02. The van der Waals surface area contributed by atoms with Crippen LogP contribution in [0.1, 0.15) is 26.2 Å². The van der Waals surface area contributed by atoms with E-state index in [0.29, 0.717) is 6.04 Å². The number of nitrogens with zero attached hydrogens (tertiary/aromatic N) is 2. The van der Waals surface area contributed by atoms with Crippen molar-refractivity contribution in [1.82, 2.24) is 15.5 Å². The Morgan fingerprint density at radius 2 is 2.28 bits per heavy atom. The van der Waals surface area contributed by atoms with Gasteiger partial charge in [-0.25, -0.2) is 0 Å². The molecule has 1 aliphatic rings. The normalized spacial score (nSPS) is 21.3. The number of hydrogen-bond donors (Lipinski definition) is 2. The summed E-state index contributed by atoms with van der Waals surface area (Å²) in [6, 6.07) is 0.660. The molecule has 0 aliphatic carbocycles. The van der Waals surface area contributed by atoms with E-state index in [1.807, 2.05) is 7.05 Å². The fraction of sp³-hybridized carbons (Fsp3) is 0.923. The average Bonchev–Trinajstić information content (AvgIpc) is 2.85. The molecule has 0 radical (unpaired) electrons. The SMILES string of the molecule is CCN1CCCC1CNC(=NC)NCCCOC. The molecule has 1 atom stereocenters. The van der Waals surface area contributed by atoms with E-state index < -0.39 is 0 Å². The fourth-order valence-electron chi connectivity index (χ4n) is 2.40. The van der Waals surface area contributed by atoms with Crippen LogP contribution < -0.4 is 10.6 Å². The zero-order valence-electron chi connectivity index (χ0n) is 12.0. The quantitative estimate of drug-likeness (QED) is 0.399. The van der Waals surface area contributed by atoms with Gasteiger partial charge in [-0.2, -0.15) is 0 Å². The lowest BCUT2D eigenvalue weighted by molar-refractivity contribution is 0.195. The first-order valence-electron chi connectivity index (χ1n) is 6.99. The third-order valence-corrected chi connectivity index (χ3v) is 3.45. The van der Waals surface area contributed by atoms with Crippen molar-refractivity contribution in [3.8, 4) is 0 Å².